The highest BCUT2D eigenvalue weighted by Gasteiger charge is 2.12. The van der Waals surface area contributed by atoms with Crippen LogP contribution in [0.3, 0.4) is 0 Å². The van der Waals surface area contributed by atoms with E-state index in [2.05, 4.69) is 9.97 Å². The number of nitrogens with two attached hydrogens (primary N) is 1. The molecule has 0 atom stereocenters. The third-order valence-corrected chi connectivity index (χ3v) is 2.83. The predicted octanol–water partition coefficient (Wildman–Crippen LogP) is 2.19. The summed E-state index contributed by atoms with van der Waals surface area (Å²) in [5, 5.41) is 0. The summed E-state index contributed by atoms with van der Waals surface area (Å²) in [6.07, 6.45) is 1.73. The quantitative estimate of drug-likeness (QED) is 0.855. The highest BCUT2D eigenvalue weighted by molar-refractivity contribution is 7.80. The second kappa shape index (κ2) is 5.10. The maximum Gasteiger partial charge on any atom is 0.229 e. The number of nitrogens with zero attached hydrogens (tertiary/aromatic N) is 3. The van der Waals surface area contributed by atoms with Crippen LogP contribution in [0.5, 0.6) is 0 Å². The Bertz CT molecular complexity index is 583. The Morgan fingerprint density at radius 3 is 2.67 bits per heavy atom. The molecule has 0 aliphatic heterocycles. The molecule has 0 fully saturated rings. The lowest BCUT2D eigenvalue weighted by molar-refractivity contribution is 1.01. The van der Waals surface area contributed by atoms with Crippen LogP contribution in [-0.4, -0.2) is 22.0 Å². The van der Waals surface area contributed by atoms with Gasteiger partial charge < -0.3 is 10.6 Å². The second-order valence-corrected chi connectivity index (χ2v) is 4.38. The summed E-state index contributed by atoms with van der Waals surface area (Å²) >= 11 is 5.05. The highest BCUT2D eigenvalue weighted by atomic mass is 32.1. The average molecular weight is 258 g/mol. The minimum Gasteiger partial charge on any atom is -0.389 e. The molecule has 0 spiro atoms. The van der Waals surface area contributed by atoms with Gasteiger partial charge in [0.15, 0.2) is 0 Å². The zero-order valence-electron chi connectivity index (χ0n) is 10.3. The maximum absolute atomic E-state index is 5.72. The minimum absolute atomic E-state index is 0.366. The normalized spacial score (nSPS) is 10.1. The molecule has 92 valence electrons. The van der Waals surface area contributed by atoms with Gasteiger partial charge in [-0.1, -0.05) is 24.4 Å². The number of hydrogen-bond acceptors (Lipinski definition) is 4. The monoisotopic (exact) mass is 258 g/mol. The van der Waals surface area contributed by atoms with Crippen molar-refractivity contribution in [3.63, 3.8) is 0 Å². The van der Waals surface area contributed by atoms with Crippen LogP contribution < -0.4 is 10.6 Å². The molecule has 0 radical (unpaired) electrons. The molecule has 1 aromatic heterocycles. The molecule has 0 bridgehead atoms. The van der Waals surface area contributed by atoms with Gasteiger partial charge in [-0.3, -0.25) is 0 Å². The van der Waals surface area contributed by atoms with Crippen LogP contribution in [0.15, 0.2) is 36.5 Å². The molecular formula is C13H14N4S. The zero-order valence-corrected chi connectivity index (χ0v) is 11.1. The lowest BCUT2D eigenvalue weighted by Crippen LogP contribution is -2.19. The molecule has 1 heterocycles. The van der Waals surface area contributed by atoms with E-state index in [1.807, 2.05) is 49.2 Å². The molecular weight excluding hydrogens is 244 g/mol. The first-order valence-electron chi connectivity index (χ1n) is 5.52. The SMILES string of the molecule is Cc1ccnc(N(C)c2ccccc2C(N)=S)n1. The van der Waals surface area contributed by atoms with Gasteiger partial charge in [0.2, 0.25) is 5.95 Å². The summed E-state index contributed by atoms with van der Waals surface area (Å²) in [5.41, 5.74) is 8.36. The largest absolute Gasteiger partial charge is 0.389 e. The Morgan fingerprint density at radius 2 is 2.00 bits per heavy atom. The Balaban J connectivity index is 2.46. The summed E-state index contributed by atoms with van der Waals surface area (Å²) in [7, 11) is 1.89. The van der Waals surface area contributed by atoms with Crippen molar-refractivity contribution in [3.05, 3.63) is 47.8 Å². The fourth-order valence-corrected chi connectivity index (χ4v) is 1.85. The van der Waals surface area contributed by atoms with Gasteiger partial charge in [0.1, 0.15) is 4.99 Å². The van der Waals surface area contributed by atoms with Gasteiger partial charge in [-0.15, -0.1) is 0 Å². The van der Waals surface area contributed by atoms with E-state index in [0.29, 0.717) is 10.9 Å². The summed E-state index contributed by atoms with van der Waals surface area (Å²) in [5.74, 6) is 0.624. The van der Waals surface area contributed by atoms with E-state index in [4.69, 9.17) is 18.0 Å². The van der Waals surface area contributed by atoms with Crippen molar-refractivity contribution in [2.45, 2.75) is 6.92 Å². The Hall–Kier alpha value is -2.01. The summed E-state index contributed by atoms with van der Waals surface area (Å²) in [6, 6.07) is 9.54. The first-order chi connectivity index (χ1) is 8.59. The molecule has 2 aromatic rings. The fraction of sp³-hybridized carbons (Fsp3) is 0.154. The number of aryl methyl sites for hydroxylation is 1. The number of rotatable bonds is 3. The van der Waals surface area contributed by atoms with E-state index >= 15 is 0 Å². The van der Waals surface area contributed by atoms with Gasteiger partial charge in [-0.05, 0) is 25.1 Å². The molecule has 0 aliphatic rings. The lowest BCUT2D eigenvalue weighted by atomic mass is 10.1. The van der Waals surface area contributed by atoms with Gasteiger partial charge in [-0.2, -0.15) is 0 Å². The number of para-hydroxylation sites is 1. The zero-order chi connectivity index (χ0) is 13.1. The Morgan fingerprint density at radius 1 is 1.28 bits per heavy atom. The van der Waals surface area contributed by atoms with Crippen LogP contribution in [0.1, 0.15) is 11.3 Å². The molecule has 2 rings (SSSR count). The average Bonchev–Trinajstić information content (AvgIpc) is 2.38. The van der Waals surface area contributed by atoms with E-state index in [9.17, 15) is 0 Å². The summed E-state index contributed by atoms with van der Waals surface area (Å²) in [4.78, 5) is 10.9. The van der Waals surface area contributed by atoms with Crippen molar-refractivity contribution in [2.24, 2.45) is 5.73 Å². The minimum atomic E-state index is 0.366. The van der Waals surface area contributed by atoms with Crippen molar-refractivity contribution in [2.75, 3.05) is 11.9 Å². The Kier molecular flexibility index (Phi) is 3.53. The van der Waals surface area contributed by atoms with Crippen LogP contribution >= 0.6 is 12.2 Å². The summed E-state index contributed by atoms with van der Waals surface area (Å²) in [6.45, 7) is 1.93. The van der Waals surface area contributed by atoms with E-state index < -0.39 is 0 Å². The molecule has 5 heteroatoms. The molecule has 0 saturated carbocycles. The molecule has 0 unspecified atom stereocenters. The first kappa shape index (κ1) is 12.4. The van der Waals surface area contributed by atoms with Gasteiger partial charge >= 0.3 is 0 Å². The number of thiocarbonyl (C=S) groups is 1. The van der Waals surface area contributed by atoms with Crippen LogP contribution in [0.4, 0.5) is 11.6 Å². The van der Waals surface area contributed by atoms with Gasteiger partial charge in [0.25, 0.3) is 0 Å². The van der Waals surface area contributed by atoms with Crippen LogP contribution in [0.25, 0.3) is 0 Å². The third-order valence-electron chi connectivity index (χ3n) is 2.61. The van der Waals surface area contributed by atoms with E-state index in [1.54, 1.807) is 6.20 Å². The number of anilines is 2. The number of aromatic nitrogens is 2. The summed E-state index contributed by atoms with van der Waals surface area (Å²) < 4.78 is 0. The first-order valence-corrected chi connectivity index (χ1v) is 5.92. The molecule has 2 N–H and O–H groups in total. The number of benzene rings is 1. The molecule has 18 heavy (non-hydrogen) atoms. The van der Waals surface area contributed by atoms with Crippen molar-refractivity contribution >= 4 is 28.8 Å². The van der Waals surface area contributed by atoms with Crippen molar-refractivity contribution < 1.29 is 0 Å². The standard InChI is InChI=1S/C13H14N4S/c1-9-7-8-15-13(16-9)17(2)11-6-4-3-5-10(11)12(14)18/h3-8H,1-2H3,(H2,14,18). The highest BCUT2D eigenvalue weighted by Crippen LogP contribution is 2.24. The number of hydrogen-bond donors (Lipinski definition) is 1. The molecule has 0 amide bonds. The van der Waals surface area contributed by atoms with Crippen molar-refractivity contribution in [1.29, 1.82) is 0 Å². The van der Waals surface area contributed by atoms with Crippen LogP contribution in [-0.2, 0) is 0 Å². The lowest BCUT2D eigenvalue weighted by Gasteiger charge is -2.20. The van der Waals surface area contributed by atoms with Crippen LogP contribution in [0, 0.1) is 6.92 Å². The Labute approximate surface area is 111 Å². The smallest absolute Gasteiger partial charge is 0.229 e. The molecule has 1 aromatic carbocycles. The van der Waals surface area contributed by atoms with Crippen molar-refractivity contribution in [3.8, 4) is 0 Å². The predicted molar refractivity (Wildman–Crippen MR) is 77.2 cm³/mol. The topological polar surface area (TPSA) is 55.0 Å². The van der Waals surface area contributed by atoms with Gasteiger partial charge in [-0.25, -0.2) is 9.97 Å². The van der Waals surface area contributed by atoms with E-state index in [-0.39, 0.29) is 0 Å². The fourth-order valence-electron chi connectivity index (χ4n) is 1.68. The van der Waals surface area contributed by atoms with E-state index in [1.165, 1.54) is 0 Å². The molecule has 0 aliphatic carbocycles. The van der Waals surface area contributed by atoms with E-state index in [0.717, 1.165) is 16.9 Å². The van der Waals surface area contributed by atoms with Gasteiger partial charge in [0, 0.05) is 24.5 Å². The van der Waals surface area contributed by atoms with Crippen LogP contribution in [0.2, 0.25) is 0 Å². The van der Waals surface area contributed by atoms with Gasteiger partial charge in [0.05, 0.1) is 5.69 Å². The molecule has 4 nitrogen and oxygen atoms in total. The van der Waals surface area contributed by atoms with Crippen molar-refractivity contribution in [1.82, 2.24) is 9.97 Å². The maximum atomic E-state index is 5.72. The third kappa shape index (κ3) is 2.46. The second-order valence-electron chi connectivity index (χ2n) is 3.94. The molecule has 0 saturated heterocycles.